The van der Waals surface area contributed by atoms with Gasteiger partial charge in [-0.2, -0.15) is 0 Å². The fourth-order valence-corrected chi connectivity index (χ4v) is 19.3. The minimum absolute atomic E-state index is 0.689. The number of aromatic nitrogens is 9. The molecule has 9 heteroatoms. The number of hydrogen-bond acceptors (Lipinski definition) is 9. The molecule has 0 aliphatic rings. The molecule has 0 N–H and O–H groups in total. The Hall–Kier alpha value is -18.8. The summed E-state index contributed by atoms with van der Waals surface area (Å²) in [5.41, 5.74) is 29.0. The topological polar surface area (TPSA) is 116 Å². The highest BCUT2D eigenvalue weighted by Gasteiger charge is 2.21. The van der Waals surface area contributed by atoms with Gasteiger partial charge in [0.05, 0.1) is 39.7 Å². The van der Waals surface area contributed by atoms with Crippen LogP contribution in [0.15, 0.2) is 516 Å². The first kappa shape index (κ1) is 84.2. The molecule has 6 aromatic heterocycles. The molecule has 0 atom stereocenters. The van der Waals surface area contributed by atoms with Crippen molar-refractivity contribution >= 4 is 86.3 Å². The highest BCUT2D eigenvalue weighted by atomic mass is 14.9. The number of hydrogen-bond donors (Lipinski definition) is 0. The standard InChI is InChI=1S/C49H31N3.C45H29N3.C37H25N3/c1-2-18-39-32(11-1)12-9-23-40(39)34-14-8-16-36(28-34)48-30-47(35-15-7-13-33(27-35)38-17-10-26-50-31-38)51-49(52-48)37-24-25-45-43-21-4-3-19-41(43)42-20-5-6-22-44(42)46(45)29-37;1-2-11-34-25-36(24-21-30(34)9-1)31-19-22-33(23-20-31)43-28-44(48-45(47-43)41-17-8-13-32-10-3-5-16-40(32)41)38-15-7-14-35(26-38)39-27-37-12-4-6-18-42(37)46-29-39;1-2-9-29(10-3-1)37-39-35(24-36(40-37)33-13-6-12-31(23-33)34-14-7-21-38-25-34)28-18-15-27(16-19-28)32-20-17-26-8-4-5-11-30(26)22-32/h1-31H;1-29H;1-25H. The Morgan fingerprint density at radius 1 is 0.129 bits per heavy atom. The molecule has 0 saturated carbocycles. The molecule has 0 unspecified atom stereocenters. The van der Waals surface area contributed by atoms with Crippen molar-refractivity contribution in [1.29, 1.82) is 0 Å². The van der Waals surface area contributed by atoms with Crippen LogP contribution in [0.5, 0.6) is 0 Å². The fourth-order valence-electron chi connectivity index (χ4n) is 19.3. The molecule has 26 rings (SSSR count). The number of fused-ring (bicyclic) bond motifs is 11. The van der Waals surface area contributed by atoms with Gasteiger partial charge >= 0.3 is 0 Å². The molecule has 0 amide bonds. The SMILES string of the molecule is c1cc(-c2cnc3ccccc3c2)cc(-c2cc(-c3ccc(-c4ccc5ccccc5c4)cc3)nc(-c3cccc4ccccc34)n2)c1.c1ccc(-c2nc(-c3ccc(-c4ccc5ccccc5c4)cc3)cc(-c3cccc(-c4cccnc4)c3)n2)cc1.c1cncc(-c2cccc(-c3cc(-c4cccc(-c5cccc6ccccc56)c4)nc(-c4ccc5c6ccccc6c6ccccc6c5c4)n3)c2)c1. The van der Waals surface area contributed by atoms with Crippen molar-refractivity contribution in [3.05, 3.63) is 516 Å². The molecule has 6 heterocycles. The normalized spacial score (nSPS) is 11.3. The smallest absolute Gasteiger partial charge is 0.161 e. The first-order chi connectivity index (χ1) is 69.3. The Morgan fingerprint density at radius 3 is 0.936 bits per heavy atom. The first-order valence-electron chi connectivity index (χ1n) is 47.1. The molecule has 26 aromatic rings. The molecule has 9 nitrogen and oxygen atoms in total. The summed E-state index contributed by atoms with van der Waals surface area (Å²) in [6.45, 7) is 0. The van der Waals surface area contributed by atoms with Crippen LogP contribution in [-0.4, -0.2) is 44.9 Å². The van der Waals surface area contributed by atoms with Gasteiger partial charge in [-0.3, -0.25) is 15.0 Å². The predicted octanol–water partition coefficient (Wildman–Crippen LogP) is 33.8. The van der Waals surface area contributed by atoms with E-state index in [1.54, 1.807) is 12.4 Å². The summed E-state index contributed by atoms with van der Waals surface area (Å²) in [6, 6.07) is 171. The highest BCUT2D eigenvalue weighted by Crippen LogP contribution is 2.43. The van der Waals surface area contributed by atoms with Crippen LogP contribution < -0.4 is 0 Å². The van der Waals surface area contributed by atoms with Crippen LogP contribution in [0.2, 0.25) is 0 Å². The van der Waals surface area contributed by atoms with Gasteiger partial charge in [0.1, 0.15) is 0 Å². The molecule has 0 fully saturated rings. The summed E-state index contributed by atoms with van der Waals surface area (Å²) >= 11 is 0. The summed E-state index contributed by atoms with van der Waals surface area (Å²) in [5, 5.41) is 18.2. The van der Waals surface area contributed by atoms with Crippen LogP contribution in [0.4, 0.5) is 0 Å². The van der Waals surface area contributed by atoms with Crippen molar-refractivity contribution in [2.24, 2.45) is 0 Å². The van der Waals surface area contributed by atoms with E-state index in [1.807, 2.05) is 61.1 Å². The number of para-hydroxylation sites is 1. The lowest BCUT2D eigenvalue weighted by Gasteiger charge is -2.14. The van der Waals surface area contributed by atoms with Gasteiger partial charge in [0.15, 0.2) is 17.5 Å². The average Bonchev–Trinajstić information content (AvgIpc) is 0.737. The molecule has 654 valence electrons. The van der Waals surface area contributed by atoms with Crippen LogP contribution >= 0.6 is 0 Å². The summed E-state index contributed by atoms with van der Waals surface area (Å²) in [5.74, 6) is 2.10. The lowest BCUT2D eigenvalue weighted by atomic mass is 9.93. The second kappa shape index (κ2) is 37.6. The largest absolute Gasteiger partial charge is 0.264 e. The van der Waals surface area contributed by atoms with Crippen LogP contribution in [0.3, 0.4) is 0 Å². The van der Waals surface area contributed by atoms with Crippen molar-refractivity contribution in [2.75, 3.05) is 0 Å². The zero-order chi connectivity index (χ0) is 93.0. The summed E-state index contributed by atoms with van der Waals surface area (Å²) in [7, 11) is 0. The van der Waals surface area contributed by atoms with Crippen molar-refractivity contribution < 1.29 is 0 Å². The van der Waals surface area contributed by atoms with Crippen molar-refractivity contribution in [3.63, 3.8) is 0 Å². The second-order valence-corrected chi connectivity index (χ2v) is 35.2. The fraction of sp³-hybridized carbons (Fsp3) is 0. The molecule has 0 radical (unpaired) electrons. The molecule has 0 saturated heterocycles. The van der Waals surface area contributed by atoms with Gasteiger partial charge in [-0.1, -0.05) is 400 Å². The molecule has 140 heavy (non-hydrogen) atoms. The molecular weight excluding hydrogens is 1700 g/mol. The average molecular weight is 1790 g/mol. The Kier molecular flexibility index (Phi) is 22.6. The molecule has 0 spiro atoms. The maximum absolute atomic E-state index is 5.31. The van der Waals surface area contributed by atoms with Crippen molar-refractivity contribution in [1.82, 2.24) is 44.9 Å². The maximum atomic E-state index is 5.31. The Morgan fingerprint density at radius 2 is 0.443 bits per heavy atom. The summed E-state index contributed by atoms with van der Waals surface area (Å²) in [4.78, 5) is 44.3. The Bertz CT molecular complexity index is 9140. The van der Waals surface area contributed by atoms with E-state index in [4.69, 9.17) is 34.9 Å². The van der Waals surface area contributed by atoms with E-state index >= 15 is 0 Å². The van der Waals surface area contributed by atoms with E-state index in [0.29, 0.717) is 17.5 Å². The quantitative estimate of drug-likeness (QED) is 0.0925. The minimum atomic E-state index is 0.689. The highest BCUT2D eigenvalue weighted by molar-refractivity contribution is 6.26. The van der Waals surface area contributed by atoms with Gasteiger partial charge in [-0.05, 0) is 210 Å². The lowest BCUT2D eigenvalue weighted by Crippen LogP contribution is -1.97. The number of benzene rings is 20. The third-order valence-electron chi connectivity index (χ3n) is 26.4. The number of rotatable bonds is 15. The Balaban J connectivity index is 0.000000115. The third kappa shape index (κ3) is 17.3. The molecule has 0 aliphatic heterocycles. The van der Waals surface area contributed by atoms with Crippen molar-refractivity contribution in [3.8, 4) is 168 Å². The van der Waals surface area contributed by atoms with E-state index in [-0.39, 0.29) is 0 Å². The predicted molar refractivity (Wildman–Crippen MR) is 581 cm³/mol. The van der Waals surface area contributed by atoms with E-state index in [0.717, 1.165) is 145 Å². The van der Waals surface area contributed by atoms with E-state index in [9.17, 15) is 0 Å². The summed E-state index contributed by atoms with van der Waals surface area (Å²) < 4.78 is 0. The van der Waals surface area contributed by atoms with Crippen molar-refractivity contribution in [2.45, 2.75) is 0 Å². The minimum Gasteiger partial charge on any atom is -0.264 e. The van der Waals surface area contributed by atoms with E-state index < -0.39 is 0 Å². The number of pyridine rings is 3. The second-order valence-electron chi connectivity index (χ2n) is 35.2. The Labute approximate surface area is 810 Å². The van der Waals surface area contributed by atoms with Crippen LogP contribution in [-0.2, 0) is 0 Å². The van der Waals surface area contributed by atoms with Gasteiger partial charge in [0, 0.05) is 103 Å². The molecule has 0 aliphatic carbocycles. The molecular formula is C131H85N9. The van der Waals surface area contributed by atoms with Gasteiger partial charge in [0.25, 0.3) is 0 Å². The monoisotopic (exact) mass is 1780 g/mol. The third-order valence-corrected chi connectivity index (χ3v) is 26.4. The van der Waals surface area contributed by atoms with Crippen LogP contribution in [0.25, 0.3) is 255 Å². The van der Waals surface area contributed by atoms with E-state index in [1.165, 1.54) is 92.5 Å². The van der Waals surface area contributed by atoms with Crippen LogP contribution in [0, 0.1) is 0 Å². The lowest BCUT2D eigenvalue weighted by molar-refractivity contribution is 1.18. The number of nitrogens with zero attached hydrogens (tertiary/aromatic N) is 9. The zero-order valence-electron chi connectivity index (χ0n) is 76.1. The van der Waals surface area contributed by atoms with Gasteiger partial charge in [-0.15, -0.1) is 0 Å². The van der Waals surface area contributed by atoms with E-state index in [2.05, 4.69) is 453 Å². The zero-order valence-corrected chi connectivity index (χ0v) is 76.1. The first-order valence-corrected chi connectivity index (χ1v) is 47.1. The van der Waals surface area contributed by atoms with Gasteiger partial charge in [-0.25, -0.2) is 29.9 Å². The summed E-state index contributed by atoms with van der Waals surface area (Å²) in [6.07, 6.45) is 9.33. The molecule has 20 aromatic carbocycles. The maximum Gasteiger partial charge on any atom is 0.161 e. The molecule has 0 bridgehead atoms. The van der Waals surface area contributed by atoms with Gasteiger partial charge < -0.3 is 0 Å². The van der Waals surface area contributed by atoms with Crippen LogP contribution in [0.1, 0.15) is 0 Å². The van der Waals surface area contributed by atoms with Gasteiger partial charge in [0.2, 0.25) is 0 Å².